The van der Waals surface area contributed by atoms with Crippen LogP contribution in [0.5, 0.6) is 0 Å². The van der Waals surface area contributed by atoms with Crippen molar-refractivity contribution in [3.8, 4) is 0 Å². The summed E-state index contributed by atoms with van der Waals surface area (Å²) in [5.41, 5.74) is 3.96. The number of hydrogen-bond donors (Lipinski definition) is 0. The van der Waals surface area contributed by atoms with Crippen molar-refractivity contribution in [1.29, 1.82) is 0 Å². The molecular weight excluding hydrogens is 280 g/mol. The van der Waals surface area contributed by atoms with Crippen LogP contribution in [0.3, 0.4) is 0 Å². The molecule has 1 aromatic carbocycles. The minimum absolute atomic E-state index is 1.07. The molecule has 0 aliphatic rings. The van der Waals surface area contributed by atoms with Gasteiger partial charge in [0, 0.05) is 24.3 Å². The van der Waals surface area contributed by atoms with Crippen molar-refractivity contribution < 1.29 is 0 Å². The molecule has 0 saturated carbocycles. The largest absolute Gasteiger partial charge is 0.265 e. The van der Waals surface area contributed by atoms with E-state index in [2.05, 4.69) is 48.1 Å². The van der Waals surface area contributed by atoms with Gasteiger partial charge in [-0.1, -0.05) is 50.2 Å². The van der Waals surface area contributed by atoms with Crippen molar-refractivity contribution >= 4 is 0 Å². The van der Waals surface area contributed by atoms with E-state index < -0.39 is 0 Å². The zero-order chi connectivity index (χ0) is 16.8. The third-order valence-electron chi connectivity index (χ3n) is 3.19. The fourth-order valence-corrected chi connectivity index (χ4v) is 1.83. The Kier molecular flexibility index (Phi) is 9.77. The van der Waals surface area contributed by atoms with Crippen LogP contribution >= 0.6 is 0 Å². The van der Waals surface area contributed by atoms with E-state index in [-0.39, 0.29) is 0 Å². The predicted molar refractivity (Wildman–Crippen MR) is 98.4 cm³/mol. The fourth-order valence-electron chi connectivity index (χ4n) is 1.83. The summed E-state index contributed by atoms with van der Waals surface area (Å²) in [7, 11) is 0. The molecule has 0 radical (unpaired) electrons. The Balaban J connectivity index is 0.000000179. The minimum Gasteiger partial charge on any atom is -0.265 e. The Hall–Kier alpha value is -2.48. The molecule has 3 aromatic rings. The average Bonchev–Trinajstić information content (AvgIpc) is 2.65. The highest BCUT2D eigenvalue weighted by molar-refractivity contribution is 5.23. The highest BCUT2D eigenvalue weighted by atomic mass is 14.6. The van der Waals surface area contributed by atoms with Gasteiger partial charge in [0.25, 0.3) is 0 Å². The molecule has 2 heterocycles. The van der Waals surface area contributed by atoms with E-state index in [9.17, 15) is 0 Å². The molecule has 120 valence electrons. The molecule has 2 aromatic heterocycles. The van der Waals surface area contributed by atoms with Crippen LogP contribution in [0.25, 0.3) is 0 Å². The van der Waals surface area contributed by atoms with Gasteiger partial charge in [-0.15, -0.1) is 0 Å². The number of pyridine rings is 2. The summed E-state index contributed by atoms with van der Waals surface area (Å²) in [5, 5.41) is 0. The van der Waals surface area contributed by atoms with Gasteiger partial charge >= 0.3 is 0 Å². The molecule has 0 spiro atoms. The third kappa shape index (κ3) is 9.20. The number of rotatable bonds is 2. The standard InChI is InChI=1S/C10H14.C6H7N.C5H5N/c1-3-9-6-5-7-10(4-2)8-9;1-6-4-2-3-5-7-6;1-2-4-6-5-3-1/h5-8H,3-4H2,1-2H3;2-5H,1H3;1-5H. The van der Waals surface area contributed by atoms with Gasteiger partial charge in [0.15, 0.2) is 0 Å². The van der Waals surface area contributed by atoms with Crippen molar-refractivity contribution in [3.63, 3.8) is 0 Å². The van der Waals surface area contributed by atoms with Gasteiger partial charge in [-0.25, -0.2) is 0 Å². The molecule has 2 nitrogen and oxygen atoms in total. The molecule has 0 saturated heterocycles. The van der Waals surface area contributed by atoms with E-state index in [0.717, 1.165) is 18.5 Å². The van der Waals surface area contributed by atoms with Crippen LogP contribution in [0.2, 0.25) is 0 Å². The molecule has 0 bridgehead atoms. The molecule has 0 atom stereocenters. The topological polar surface area (TPSA) is 25.8 Å². The van der Waals surface area contributed by atoms with Gasteiger partial charge in [0.05, 0.1) is 0 Å². The lowest BCUT2D eigenvalue weighted by molar-refractivity contribution is 1.09. The lowest BCUT2D eigenvalue weighted by atomic mass is 10.1. The molecule has 0 aliphatic heterocycles. The van der Waals surface area contributed by atoms with Crippen LogP contribution in [-0.2, 0) is 12.8 Å². The molecule has 0 aliphatic carbocycles. The zero-order valence-corrected chi connectivity index (χ0v) is 14.3. The second-order valence-electron chi connectivity index (χ2n) is 5.02. The van der Waals surface area contributed by atoms with Crippen molar-refractivity contribution in [2.45, 2.75) is 33.6 Å². The first-order valence-corrected chi connectivity index (χ1v) is 8.06. The third-order valence-corrected chi connectivity index (χ3v) is 3.19. The summed E-state index contributed by atoms with van der Waals surface area (Å²) in [6.45, 7) is 6.35. The molecular formula is C21H26N2. The Bertz CT molecular complexity index is 576. The fraction of sp³-hybridized carbons (Fsp3) is 0.238. The predicted octanol–water partition coefficient (Wildman–Crippen LogP) is 5.28. The lowest BCUT2D eigenvalue weighted by Crippen LogP contribution is -1.83. The Morgan fingerprint density at radius 2 is 1.30 bits per heavy atom. The monoisotopic (exact) mass is 306 g/mol. The zero-order valence-electron chi connectivity index (χ0n) is 14.3. The Morgan fingerprint density at radius 3 is 1.61 bits per heavy atom. The molecule has 0 fully saturated rings. The summed E-state index contributed by atoms with van der Waals surface area (Å²) >= 11 is 0. The van der Waals surface area contributed by atoms with E-state index in [0.29, 0.717) is 0 Å². The van der Waals surface area contributed by atoms with Crippen molar-refractivity contribution in [3.05, 3.63) is 96.1 Å². The van der Waals surface area contributed by atoms with Crippen LogP contribution in [0, 0.1) is 6.92 Å². The number of nitrogens with zero attached hydrogens (tertiary/aromatic N) is 2. The SMILES string of the molecule is CCc1cccc(CC)c1.Cc1ccccn1.c1ccncc1. The summed E-state index contributed by atoms with van der Waals surface area (Å²) in [6, 6.07) is 20.3. The molecule has 0 unspecified atom stereocenters. The summed E-state index contributed by atoms with van der Waals surface area (Å²) < 4.78 is 0. The second kappa shape index (κ2) is 12.1. The molecule has 0 N–H and O–H groups in total. The molecule has 0 amide bonds. The minimum atomic E-state index is 1.07. The first kappa shape index (κ1) is 18.6. The van der Waals surface area contributed by atoms with E-state index in [1.807, 2.05) is 43.3 Å². The van der Waals surface area contributed by atoms with Crippen LogP contribution in [0.4, 0.5) is 0 Å². The van der Waals surface area contributed by atoms with Gasteiger partial charge in [0.1, 0.15) is 0 Å². The summed E-state index contributed by atoms with van der Waals surface area (Å²) in [5.74, 6) is 0. The Morgan fingerprint density at radius 1 is 0.696 bits per heavy atom. The number of hydrogen-bond acceptors (Lipinski definition) is 2. The molecule has 3 rings (SSSR count). The summed E-state index contributed by atoms with van der Waals surface area (Å²) in [6.07, 6.45) is 7.58. The van der Waals surface area contributed by atoms with E-state index >= 15 is 0 Å². The highest BCUT2D eigenvalue weighted by Gasteiger charge is 1.89. The van der Waals surface area contributed by atoms with Crippen LogP contribution in [0.1, 0.15) is 30.7 Å². The van der Waals surface area contributed by atoms with E-state index in [1.165, 1.54) is 11.1 Å². The molecule has 2 heteroatoms. The maximum Gasteiger partial charge on any atom is 0.0372 e. The first-order valence-electron chi connectivity index (χ1n) is 8.06. The first-order chi connectivity index (χ1) is 11.3. The number of aryl methyl sites for hydroxylation is 3. The van der Waals surface area contributed by atoms with Crippen molar-refractivity contribution in [2.75, 3.05) is 0 Å². The van der Waals surface area contributed by atoms with Crippen molar-refractivity contribution in [1.82, 2.24) is 9.97 Å². The maximum absolute atomic E-state index is 3.98. The Labute approximate surface area is 140 Å². The van der Waals surface area contributed by atoms with Gasteiger partial charge in [-0.05, 0) is 55.2 Å². The van der Waals surface area contributed by atoms with E-state index in [4.69, 9.17) is 0 Å². The number of aromatic nitrogens is 2. The highest BCUT2D eigenvalue weighted by Crippen LogP contribution is 2.05. The maximum atomic E-state index is 3.98. The van der Waals surface area contributed by atoms with E-state index in [1.54, 1.807) is 18.6 Å². The van der Waals surface area contributed by atoms with Gasteiger partial charge in [0.2, 0.25) is 0 Å². The second-order valence-corrected chi connectivity index (χ2v) is 5.02. The quantitative estimate of drug-likeness (QED) is 0.643. The lowest BCUT2D eigenvalue weighted by Gasteiger charge is -1.98. The van der Waals surface area contributed by atoms with Crippen LogP contribution in [-0.4, -0.2) is 9.97 Å². The van der Waals surface area contributed by atoms with Gasteiger partial charge in [-0.3, -0.25) is 9.97 Å². The normalized spacial score (nSPS) is 9.00. The molecule has 23 heavy (non-hydrogen) atoms. The summed E-state index contributed by atoms with van der Waals surface area (Å²) in [4.78, 5) is 7.76. The van der Waals surface area contributed by atoms with Crippen LogP contribution < -0.4 is 0 Å². The smallest absolute Gasteiger partial charge is 0.0372 e. The number of benzene rings is 1. The van der Waals surface area contributed by atoms with Crippen molar-refractivity contribution in [2.24, 2.45) is 0 Å². The van der Waals surface area contributed by atoms with Crippen LogP contribution in [0.15, 0.2) is 79.3 Å². The average molecular weight is 306 g/mol. The van der Waals surface area contributed by atoms with Gasteiger partial charge in [-0.2, -0.15) is 0 Å². The van der Waals surface area contributed by atoms with Gasteiger partial charge < -0.3 is 0 Å².